The number of rotatable bonds is 8. The first kappa shape index (κ1) is 27.6. The van der Waals surface area contributed by atoms with E-state index in [1.165, 1.54) is 0 Å². The van der Waals surface area contributed by atoms with Gasteiger partial charge in [-0.3, -0.25) is 4.90 Å². The average Bonchev–Trinajstić information content (AvgIpc) is 2.74. The van der Waals surface area contributed by atoms with Crippen LogP contribution in [0.2, 0.25) is 0 Å². The lowest BCUT2D eigenvalue weighted by molar-refractivity contribution is -0.307. The fourth-order valence-electron chi connectivity index (χ4n) is 5.38. The second-order valence-corrected chi connectivity index (χ2v) is 9.81. The molecule has 1 heterocycles. The van der Waals surface area contributed by atoms with Crippen LogP contribution in [0.3, 0.4) is 0 Å². The van der Waals surface area contributed by atoms with Crippen molar-refractivity contribution in [3.63, 3.8) is 0 Å². The standard InChI is InChI=1S/C25H36F3NO3.H3N/c1-17(2)9-12-29(21-10-13-32-14-11-21)23-8-3-18(16-24(30)31)15-22(23)19-4-6-20(7-5-19)25(26,27)28;/h4-7,17-18,21-23H,3,8-16H2,1-2H3,(H,30,31);1H3/t18-,22+,23-;/m1./s1. The minimum Gasteiger partial charge on any atom is -0.550 e. The highest BCUT2D eigenvalue weighted by Gasteiger charge is 2.38. The first-order valence-electron chi connectivity index (χ1n) is 11.9. The predicted molar refractivity (Wildman–Crippen MR) is 121 cm³/mol. The highest BCUT2D eigenvalue weighted by atomic mass is 19.4. The minimum atomic E-state index is -4.37. The summed E-state index contributed by atoms with van der Waals surface area (Å²) in [5.41, 5.74) is 0.216. The Kier molecular flexibility index (Phi) is 10.2. The lowest BCUT2D eigenvalue weighted by atomic mass is 9.72. The smallest absolute Gasteiger partial charge is 0.416 e. The lowest BCUT2D eigenvalue weighted by Gasteiger charge is -2.47. The molecule has 0 unspecified atom stereocenters. The number of carboxylic acid groups (broad SMARTS) is 1. The zero-order valence-electron chi connectivity index (χ0n) is 20.1. The van der Waals surface area contributed by atoms with Gasteiger partial charge in [-0.1, -0.05) is 26.0 Å². The Morgan fingerprint density at radius 1 is 1.12 bits per heavy atom. The summed E-state index contributed by atoms with van der Waals surface area (Å²) in [5, 5.41) is 11.2. The number of aliphatic carboxylic acids is 1. The molecule has 8 heteroatoms. The molecule has 33 heavy (non-hydrogen) atoms. The van der Waals surface area contributed by atoms with Crippen molar-refractivity contribution >= 4 is 5.97 Å². The average molecular weight is 473 g/mol. The third-order valence-electron chi connectivity index (χ3n) is 7.09. The molecular formula is C25H39F3N2O3. The number of halogens is 3. The molecule has 0 radical (unpaired) electrons. The molecular weight excluding hydrogens is 433 g/mol. The van der Waals surface area contributed by atoms with Gasteiger partial charge in [0, 0.05) is 31.3 Å². The van der Waals surface area contributed by atoms with Crippen LogP contribution < -0.4 is 11.3 Å². The highest BCUT2D eigenvalue weighted by molar-refractivity contribution is 5.64. The molecule has 1 aromatic rings. The number of hydrogen-bond acceptors (Lipinski definition) is 4. The maximum absolute atomic E-state index is 13.1. The summed E-state index contributed by atoms with van der Waals surface area (Å²) in [5.74, 6) is -0.507. The Balaban J connectivity index is 0.00000385. The van der Waals surface area contributed by atoms with Crippen molar-refractivity contribution in [3.05, 3.63) is 35.4 Å². The molecule has 0 spiro atoms. The molecule has 1 aliphatic heterocycles. The van der Waals surface area contributed by atoms with Crippen LogP contribution in [-0.2, 0) is 15.7 Å². The van der Waals surface area contributed by atoms with Gasteiger partial charge >= 0.3 is 6.18 Å². The van der Waals surface area contributed by atoms with Crippen LogP contribution in [0.1, 0.15) is 75.8 Å². The number of carbonyl (C=O) groups excluding carboxylic acids is 1. The molecule has 3 atom stereocenters. The molecule has 1 aliphatic carbocycles. The van der Waals surface area contributed by atoms with E-state index in [-0.39, 0.29) is 30.4 Å². The summed E-state index contributed by atoms with van der Waals surface area (Å²) in [7, 11) is 0. The molecule has 0 amide bonds. The molecule has 3 rings (SSSR count). The number of carboxylic acids is 1. The molecule has 188 valence electrons. The van der Waals surface area contributed by atoms with Gasteiger partial charge in [-0.15, -0.1) is 0 Å². The Labute approximate surface area is 195 Å². The van der Waals surface area contributed by atoms with E-state index in [1.807, 2.05) is 0 Å². The van der Waals surface area contributed by atoms with E-state index >= 15 is 0 Å². The summed E-state index contributed by atoms with van der Waals surface area (Å²) < 4.78 is 44.9. The molecule has 1 saturated carbocycles. The summed E-state index contributed by atoms with van der Waals surface area (Å²) in [6.07, 6.45) is 0.909. The summed E-state index contributed by atoms with van der Waals surface area (Å²) in [4.78, 5) is 13.8. The first-order valence-corrected chi connectivity index (χ1v) is 11.9. The second-order valence-electron chi connectivity index (χ2n) is 9.81. The van der Waals surface area contributed by atoms with E-state index in [9.17, 15) is 23.1 Å². The predicted octanol–water partition coefficient (Wildman–Crippen LogP) is 5.00. The summed E-state index contributed by atoms with van der Waals surface area (Å²) in [6.45, 7) is 6.80. The van der Waals surface area contributed by atoms with Crippen molar-refractivity contribution in [1.82, 2.24) is 11.1 Å². The Morgan fingerprint density at radius 3 is 2.30 bits per heavy atom. The van der Waals surface area contributed by atoms with Crippen LogP contribution in [0.25, 0.3) is 0 Å². The zero-order valence-corrected chi connectivity index (χ0v) is 20.1. The van der Waals surface area contributed by atoms with Crippen LogP contribution in [0.15, 0.2) is 24.3 Å². The van der Waals surface area contributed by atoms with Crippen LogP contribution in [0.5, 0.6) is 0 Å². The lowest BCUT2D eigenvalue weighted by Crippen LogP contribution is -2.51. The molecule has 2 aliphatic rings. The van der Waals surface area contributed by atoms with Crippen LogP contribution >= 0.6 is 0 Å². The molecule has 2 fully saturated rings. The van der Waals surface area contributed by atoms with Gasteiger partial charge in [0.15, 0.2) is 0 Å². The molecule has 0 aromatic heterocycles. The van der Waals surface area contributed by atoms with Gasteiger partial charge in [-0.2, -0.15) is 13.2 Å². The first-order chi connectivity index (χ1) is 15.1. The zero-order chi connectivity index (χ0) is 23.3. The van der Waals surface area contributed by atoms with E-state index in [0.717, 1.165) is 69.6 Å². The number of benzene rings is 1. The Morgan fingerprint density at radius 2 is 1.76 bits per heavy atom. The van der Waals surface area contributed by atoms with Gasteiger partial charge in [0.25, 0.3) is 0 Å². The van der Waals surface area contributed by atoms with Gasteiger partial charge in [-0.05, 0) is 86.9 Å². The Bertz CT molecular complexity index is 733. The molecule has 1 saturated heterocycles. The van der Waals surface area contributed by atoms with Crippen LogP contribution in [0.4, 0.5) is 13.2 Å². The maximum atomic E-state index is 13.1. The molecule has 4 N–H and O–H groups in total. The van der Waals surface area contributed by atoms with E-state index in [2.05, 4.69) is 18.7 Å². The third-order valence-corrected chi connectivity index (χ3v) is 7.09. The third kappa shape index (κ3) is 7.69. The maximum Gasteiger partial charge on any atom is 0.416 e. The van der Waals surface area contributed by atoms with Crippen molar-refractivity contribution in [2.24, 2.45) is 11.8 Å². The number of carbonyl (C=O) groups is 1. The number of quaternary nitrogens is 1. The largest absolute Gasteiger partial charge is 0.550 e. The molecule has 0 bridgehead atoms. The van der Waals surface area contributed by atoms with Gasteiger partial charge in [0.05, 0.1) is 5.56 Å². The van der Waals surface area contributed by atoms with E-state index < -0.39 is 17.7 Å². The number of hydrogen-bond donors (Lipinski definition) is 1. The summed E-state index contributed by atoms with van der Waals surface area (Å²) >= 11 is 0. The van der Waals surface area contributed by atoms with Crippen LogP contribution in [-0.4, -0.2) is 42.7 Å². The summed E-state index contributed by atoms with van der Waals surface area (Å²) in [6, 6.07) is 6.07. The van der Waals surface area contributed by atoms with Gasteiger partial charge in [0.2, 0.25) is 0 Å². The normalized spacial score (nSPS) is 24.6. The second kappa shape index (κ2) is 12.2. The SMILES string of the molecule is CC(C)CCN(C1CCOCC1)[C@@H]1CC[C@@H](CC(=O)[O-])C[C@H]1c1ccc(C(F)(F)F)cc1.[NH4+]. The highest BCUT2D eigenvalue weighted by Crippen LogP contribution is 2.42. The number of nitrogens with zero attached hydrogens (tertiary/aromatic N) is 1. The number of ether oxygens (including phenoxy) is 1. The van der Waals surface area contributed by atoms with Crippen molar-refractivity contribution in [1.29, 1.82) is 0 Å². The van der Waals surface area contributed by atoms with Crippen molar-refractivity contribution in [2.75, 3.05) is 19.8 Å². The van der Waals surface area contributed by atoms with Crippen molar-refractivity contribution in [3.8, 4) is 0 Å². The van der Waals surface area contributed by atoms with E-state index in [1.54, 1.807) is 12.1 Å². The Hall–Kier alpha value is -1.64. The van der Waals surface area contributed by atoms with Gasteiger partial charge in [-0.25, -0.2) is 0 Å². The quantitative estimate of drug-likeness (QED) is 0.577. The number of alkyl halides is 3. The van der Waals surface area contributed by atoms with E-state index in [4.69, 9.17) is 4.74 Å². The monoisotopic (exact) mass is 472 g/mol. The van der Waals surface area contributed by atoms with E-state index in [0.29, 0.717) is 18.4 Å². The fraction of sp³-hybridized carbons (Fsp3) is 0.720. The van der Waals surface area contributed by atoms with Crippen molar-refractivity contribution in [2.45, 2.75) is 83.0 Å². The fourth-order valence-corrected chi connectivity index (χ4v) is 5.38. The molecule has 1 aromatic carbocycles. The van der Waals surface area contributed by atoms with Gasteiger partial charge < -0.3 is 20.8 Å². The molecule has 5 nitrogen and oxygen atoms in total. The van der Waals surface area contributed by atoms with Crippen molar-refractivity contribution < 1.29 is 27.8 Å². The van der Waals surface area contributed by atoms with Gasteiger partial charge in [0.1, 0.15) is 0 Å². The van der Waals surface area contributed by atoms with Crippen LogP contribution in [0, 0.1) is 11.8 Å². The minimum absolute atomic E-state index is 0. The topological polar surface area (TPSA) is 89.1 Å².